The number of anilines is 1. The van der Waals surface area contributed by atoms with E-state index in [2.05, 4.69) is 24.9 Å². The van der Waals surface area contributed by atoms with E-state index in [0.717, 1.165) is 57.2 Å². The van der Waals surface area contributed by atoms with Crippen LogP contribution in [-0.2, 0) is 6.54 Å². The van der Waals surface area contributed by atoms with Crippen LogP contribution in [0.5, 0.6) is 0 Å². The van der Waals surface area contributed by atoms with Crippen molar-refractivity contribution in [3.05, 3.63) is 34.6 Å². The summed E-state index contributed by atoms with van der Waals surface area (Å²) in [5.74, 6) is 2.17. The number of primary amides is 1. The van der Waals surface area contributed by atoms with Crippen LogP contribution in [-0.4, -0.2) is 52.1 Å². The lowest BCUT2D eigenvalue weighted by atomic mass is 10.2. The Bertz CT molecular complexity index is 806. The second-order valence-corrected chi connectivity index (χ2v) is 7.24. The molecule has 9 heteroatoms. The van der Waals surface area contributed by atoms with Gasteiger partial charge in [0.2, 0.25) is 11.8 Å². The number of hydrogen-bond acceptors (Lipinski definition) is 7. The molecular weight excluding hydrogens is 356 g/mol. The van der Waals surface area contributed by atoms with Crippen LogP contribution in [0.15, 0.2) is 16.8 Å². The Morgan fingerprint density at radius 2 is 2.15 bits per heavy atom. The Kier molecular flexibility index (Phi) is 4.78. The molecule has 0 spiro atoms. The smallest absolute Gasteiger partial charge is 0.250 e. The largest absolute Gasteiger partial charge is 0.366 e. The van der Waals surface area contributed by atoms with E-state index in [1.54, 1.807) is 6.07 Å². The van der Waals surface area contributed by atoms with E-state index in [1.807, 2.05) is 0 Å². The highest BCUT2D eigenvalue weighted by Gasteiger charge is 2.30. The van der Waals surface area contributed by atoms with Gasteiger partial charge >= 0.3 is 0 Å². The lowest BCUT2D eigenvalue weighted by molar-refractivity contribution is 0.1000. The zero-order chi connectivity index (χ0) is 18.1. The summed E-state index contributed by atoms with van der Waals surface area (Å²) in [7, 11) is 0. The van der Waals surface area contributed by atoms with Gasteiger partial charge in [-0.2, -0.15) is 4.98 Å². The molecule has 1 aliphatic heterocycles. The minimum absolute atomic E-state index is 0.318. The van der Waals surface area contributed by atoms with Crippen molar-refractivity contribution in [3.63, 3.8) is 0 Å². The number of hydrogen-bond donors (Lipinski definition) is 1. The molecule has 0 unspecified atom stereocenters. The average molecular weight is 377 g/mol. The zero-order valence-electron chi connectivity index (χ0n) is 14.4. The highest BCUT2D eigenvalue weighted by molar-refractivity contribution is 6.33. The maximum absolute atomic E-state index is 11.2. The maximum Gasteiger partial charge on any atom is 0.250 e. The number of nitrogens with zero attached hydrogens (tertiary/aromatic N) is 5. The lowest BCUT2D eigenvalue weighted by Crippen LogP contribution is -2.31. The van der Waals surface area contributed by atoms with Crippen LogP contribution in [0.25, 0.3) is 0 Å². The maximum atomic E-state index is 11.2. The molecule has 2 fully saturated rings. The number of pyridine rings is 1. The molecule has 3 heterocycles. The summed E-state index contributed by atoms with van der Waals surface area (Å²) < 4.78 is 5.33. The fourth-order valence-electron chi connectivity index (χ4n) is 3.17. The van der Waals surface area contributed by atoms with Gasteiger partial charge in [0, 0.05) is 38.3 Å². The number of carbonyl (C=O) groups excluding carboxylic acids is 1. The number of halogens is 1. The van der Waals surface area contributed by atoms with Gasteiger partial charge in [0.05, 0.1) is 17.1 Å². The van der Waals surface area contributed by atoms with Gasteiger partial charge in [-0.05, 0) is 25.3 Å². The molecule has 4 rings (SSSR count). The molecule has 0 atom stereocenters. The first-order valence-corrected chi connectivity index (χ1v) is 9.23. The van der Waals surface area contributed by atoms with E-state index in [9.17, 15) is 4.79 Å². The number of nitrogens with two attached hydrogens (primary N) is 1. The molecule has 2 aliphatic rings. The summed E-state index contributed by atoms with van der Waals surface area (Å²) in [6.07, 6.45) is 4.76. The molecule has 0 radical (unpaired) electrons. The molecular formula is C17H21ClN6O2. The van der Waals surface area contributed by atoms with Gasteiger partial charge in [0.25, 0.3) is 0 Å². The summed E-state index contributed by atoms with van der Waals surface area (Å²) >= 11 is 6.31. The van der Waals surface area contributed by atoms with Gasteiger partial charge < -0.3 is 15.2 Å². The Balaban J connectivity index is 1.38. The predicted octanol–water partition coefficient (Wildman–Crippen LogP) is 1.81. The second-order valence-electron chi connectivity index (χ2n) is 6.83. The summed E-state index contributed by atoms with van der Waals surface area (Å²) in [5.41, 5.74) is 5.59. The Hall–Kier alpha value is -2.19. The third-order valence-electron chi connectivity index (χ3n) is 4.77. The van der Waals surface area contributed by atoms with Gasteiger partial charge in [0.1, 0.15) is 5.82 Å². The third-order valence-corrected chi connectivity index (χ3v) is 5.05. The number of aromatic nitrogens is 3. The van der Waals surface area contributed by atoms with E-state index in [-0.39, 0.29) is 0 Å². The molecule has 2 aromatic rings. The first kappa shape index (κ1) is 17.2. The summed E-state index contributed by atoms with van der Waals surface area (Å²) in [5, 5.41) is 4.55. The molecule has 0 bridgehead atoms. The number of carbonyl (C=O) groups is 1. The van der Waals surface area contributed by atoms with Crippen LogP contribution < -0.4 is 10.6 Å². The summed E-state index contributed by atoms with van der Waals surface area (Å²) in [6.45, 7) is 4.12. The van der Waals surface area contributed by atoms with Crippen molar-refractivity contribution in [1.82, 2.24) is 20.0 Å². The first-order chi connectivity index (χ1) is 12.6. The van der Waals surface area contributed by atoms with E-state index < -0.39 is 5.91 Å². The highest BCUT2D eigenvalue weighted by Crippen LogP contribution is 2.38. The van der Waals surface area contributed by atoms with Crippen LogP contribution in [0.2, 0.25) is 5.02 Å². The van der Waals surface area contributed by atoms with Crippen molar-refractivity contribution in [2.75, 3.05) is 31.1 Å². The van der Waals surface area contributed by atoms with E-state index in [4.69, 9.17) is 21.9 Å². The van der Waals surface area contributed by atoms with E-state index in [0.29, 0.717) is 28.9 Å². The van der Waals surface area contributed by atoms with Gasteiger partial charge in [-0.15, -0.1) is 0 Å². The van der Waals surface area contributed by atoms with Crippen molar-refractivity contribution in [1.29, 1.82) is 0 Å². The van der Waals surface area contributed by atoms with Crippen molar-refractivity contribution in [2.24, 2.45) is 5.73 Å². The predicted molar refractivity (Wildman–Crippen MR) is 96.1 cm³/mol. The molecule has 138 valence electrons. The second kappa shape index (κ2) is 7.20. The van der Waals surface area contributed by atoms with Gasteiger partial charge in [-0.3, -0.25) is 9.69 Å². The zero-order valence-corrected chi connectivity index (χ0v) is 15.2. The molecule has 2 N–H and O–H groups in total. The molecule has 0 aromatic carbocycles. The molecule has 1 saturated heterocycles. The summed E-state index contributed by atoms with van der Waals surface area (Å²) in [4.78, 5) is 24.5. The first-order valence-electron chi connectivity index (χ1n) is 8.85. The highest BCUT2D eigenvalue weighted by atomic mass is 35.5. The minimum Gasteiger partial charge on any atom is -0.366 e. The fourth-order valence-corrected chi connectivity index (χ4v) is 3.45. The Morgan fingerprint density at radius 1 is 1.31 bits per heavy atom. The fraction of sp³-hybridized carbons (Fsp3) is 0.529. The van der Waals surface area contributed by atoms with E-state index in [1.165, 1.54) is 6.20 Å². The molecule has 1 amide bonds. The molecule has 8 nitrogen and oxygen atoms in total. The SMILES string of the molecule is NC(=O)c1cnc(N2CCCN(Cc3noc(C4CC4)n3)CC2)c(Cl)c1. The third kappa shape index (κ3) is 3.81. The minimum atomic E-state index is -0.529. The quantitative estimate of drug-likeness (QED) is 0.848. The molecule has 1 aliphatic carbocycles. The van der Waals surface area contributed by atoms with E-state index >= 15 is 0 Å². The molecule has 1 saturated carbocycles. The Morgan fingerprint density at radius 3 is 2.88 bits per heavy atom. The van der Waals surface area contributed by atoms with Crippen LogP contribution in [0.3, 0.4) is 0 Å². The van der Waals surface area contributed by atoms with Crippen molar-refractivity contribution in [3.8, 4) is 0 Å². The normalized spacial score (nSPS) is 18.7. The van der Waals surface area contributed by atoms with Gasteiger partial charge in [0.15, 0.2) is 5.82 Å². The standard InChI is InChI=1S/C17H21ClN6O2/c18-13-8-12(15(19)25)9-20-16(13)24-5-1-4-23(6-7-24)10-14-21-17(26-22-14)11-2-3-11/h8-9,11H,1-7,10H2,(H2,19,25). The van der Waals surface area contributed by atoms with Crippen LogP contribution in [0, 0.1) is 0 Å². The van der Waals surface area contributed by atoms with Crippen molar-refractivity contribution in [2.45, 2.75) is 31.7 Å². The van der Waals surface area contributed by atoms with Gasteiger partial charge in [-0.1, -0.05) is 16.8 Å². The van der Waals surface area contributed by atoms with Crippen molar-refractivity contribution < 1.29 is 9.32 Å². The summed E-state index contributed by atoms with van der Waals surface area (Å²) in [6, 6.07) is 1.58. The monoisotopic (exact) mass is 376 g/mol. The lowest BCUT2D eigenvalue weighted by Gasteiger charge is -2.23. The number of rotatable bonds is 5. The van der Waals surface area contributed by atoms with Crippen LogP contribution in [0.4, 0.5) is 5.82 Å². The number of amides is 1. The molecule has 2 aromatic heterocycles. The van der Waals surface area contributed by atoms with Crippen molar-refractivity contribution >= 4 is 23.3 Å². The Labute approximate surface area is 156 Å². The average Bonchev–Trinajstić information content (AvgIpc) is 3.40. The topological polar surface area (TPSA) is 101 Å². The van der Waals surface area contributed by atoms with Gasteiger partial charge in [-0.25, -0.2) is 4.98 Å². The van der Waals surface area contributed by atoms with Crippen LogP contribution in [0.1, 0.15) is 47.3 Å². The van der Waals surface area contributed by atoms with Crippen LogP contribution >= 0.6 is 11.6 Å². The molecule has 26 heavy (non-hydrogen) atoms.